The number of thiazole rings is 1. The van der Waals surface area contributed by atoms with Gasteiger partial charge < -0.3 is 19.4 Å². The fourth-order valence-corrected chi connectivity index (χ4v) is 7.53. The molecule has 1 aliphatic rings. The van der Waals surface area contributed by atoms with Crippen LogP contribution in [0.15, 0.2) is 23.2 Å². The van der Waals surface area contributed by atoms with E-state index in [1.165, 1.54) is 41.5 Å². The molecular formula is C27H33N3O5S3. The van der Waals surface area contributed by atoms with Crippen LogP contribution in [-0.4, -0.2) is 54.2 Å². The largest absolute Gasteiger partial charge is 0.465 e. The van der Waals surface area contributed by atoms with Gasteiger partial charge in [0.2, 0.25) is 5.91 Å². The minimum atomic E-state index is -0.419. The normalized spacial score (nSPS) is 13.8. The van der Waals surface area contributed by atoms with Crippen LogP contribution in [0.25, 0.3) is 10.2 Å². The first-order valence-corrected chi connectivity index (χ1v) is 15.6. The summed E-state index contributed by atoms with van der Waals surface area (Å²) in [7, 11) is 1.36. The second-order valence-electron chi connectivity index (χ2n) is 9.01. The van der Waals surface area contributed by atoms with Crippen molar-refractivity contribution in [3.63, 3.8) is 0 Å². The molecule has 2 amide bonds. The van der Waals surface area contributed by atoms with Crippen molar-refractivity contribution in [3.8, 4) is 0 Å². The quantitative estimate of drug-likeness (QED) is 0.208. The molecule has 8 nitrogen and oxygen atoms in total. The highest BCUT2D eigenvalue weighted by atomic mass is 32.2. The zero-order valence-electron chi connectivity index (χ0n) is 22.0. The third-order valence-electron chi connectivity index (χ3n) is 6.24. The average Bonchev–Trinajstić information content (AvgIpc) is 3.29. The van der Waals surface area contributed by atoms with Crippen molar-refractivity contribution in [3.05, 3.63) is 44.6 Å². The van der Waals surface area contributed by atoms with E-state index in [1.54, 1.807) is 0 Å². The molecule has 0 atom stereocenters. The monoisotopic (exact) mass is 575 g/mol. The Labute approximate surface area is 234 Å². The van der Waals surface area contributed by atoms with Crippen LogP contribution in [0.4, 0.5) is 5.00 Å². The summed E-state index contributed by atoms with van der Waals surface area (Å²) in [5, 5.41) is 3.43. The minimum Gasteiger partial charge on any atom is -0.465 e. The maximum atomic E-state index is 12.7. The number of methoxy groups -OCH3 is 1. The molecule has 204 valence electrons. The molecule has 0 unspecified atom stereocenters. The molecule has 2 aromatic heterocycles. The van der Waals surface area contributed by atoms with E-state index >= 15 is 0 Å². The van der Waals surface area contributed by atoms with Gasteiger partial charge in [0.05, 0.1) is 41.0 Å². The molecule has 1 N–H and O–H groups in total. The Morgan fingerprint density at radius 1 is 1.13 bits per heavy atom. The van der Waals surface area contributed by atoms with Crippen molar-refractivity contribution in [2.75, 3.05) is 37.1 Å². The topological polar surface area (TPSA) is 99.0 Å². The van der Waals surface area contributed by atoms with Crippen LogP contribution in [0.1, 0.15) is 52.5 Å². The number of nitrogens with zero attached hydrogens (tertiary/aromatic N) is 2. The SMILES string of the molecule is CCOCCn1c(=NC(=O)CSCC(=O)Nc2sc3c(c2C(=O)OC)CCCCC3)sc2cc(C)ccc21. The van der Waals surface area contributed by atoms with Crippen molar-refractivity contribution in [2.24, 2.45) is 4.99 Å². The Morgan fingerprint density at radius 3 is 2.74 bits per heavy atom. The molecule has 0 fully saturated rings. The van der Waals surface area contributed by atoms with Gasteiger partial charge in [-0.1, -0.05) is 23.8 Å². The number of ether oxygens (including phenoxy) is 2. The van der Waals surface area contributed by atoms with Gasteiger partial charge in [-0.25, -0.2) is 4.79 Å². The van der Waals surface area contributed by atoms with Gasteiger partial charge in [-0.05, 0) is 62.8 Å². The highest BCUT2D eigenvalue weighted by Crippen LogP contribution is 2.38. The van der Waals surface area contributed by atoms with Gasteiger partial charge in [0.15, 0.2) is 4.80 Å². The van der Waals surface area contributed by atoms with Crippen molar-refractivity contribution in [1.82, 2.24) is 4.57 Å². The maximum absolute atomic E-state index is 12.7. The summed E-state index contributed by atoms with van der Waals surface area (Å²) in [5.41, 5.74) is 3.66. The number of hydrogen-bond acceptors (Lipinski definition) is 8. The summed E-state index contributed by atoms with van der Waals surface area (Å²) in [6.07, 6.45) is 4.96. The van der Waals surface area contributed by atoms with Crippen LogP contribution in [0.2, 0.25) is 0 Å². The van der Waals surface area contributed by atoms with E-state index in [0.717, 1.165) is 58.3 Å². The van der Waals surface area contributed by atoms with Crippen LogP contribution < -0.4 is 10.1 Å². The fraction of sp³-hybridized carbons (Fsp3) is 0.481. The number of thioether (sulfide) groups is 1. The number of aromatic nitrogens is 1. The Morgan fingerprint density at radius 2 is 1.95 bits per heavy atom. The molecule has 0 saturated carbocycles. The Hall–Kier alpha value is -2.47. The summed E-state index contributed by atoms with van der Waals surface area (Å²) in [6.45, 7) is 5.75. The van der Waals surface area contributed by atoms with Gasteiger partial charge in [-0.3, -0.25) is 9.59 Å². The van der Waals surface area contributed by atoms with Crippen molar-refractivity contribution in [1.29, 1.82) is 0 Å². The molecular weight excluding hydrogens is 543 g/mol. The lowest BCUT2D eigenvalue weighted by Gasteiger charge is -2.07. The fourth-order valence-electron chi connectivity index (χ4n) is 4.46. The summed E-state index contributed by atoms with van der Waals surface area (Å²) in [4.78, 5) is 44.1. The Balaban J connectivity index is 1.41. The lowest BCUT2D eigenvalue weighted by Crippen LogP contribution is -2.20. The molecule has 0 bridgehead atoms. The van der Waals surface area contributed by atoms with Crippen molar-refractivity contribution in [2.45, 2.75) is 52.5 Å². The molecule has 0 radical (unpaired) electrons. The number of hydrogen-bond donors (Lipinski definition) is 1. The zero-order chi connectivity index (χ0) is 27.1. The Bertz CT molecular complexity index is 1390. The number of aryl methyl sites for hydroxylation is 2. The second-order valence-corrected chi connectivity index (χ2v) is 12.1. The predicted molar refractivity (Wildman–Crippen MR) is 154 cm³/mol. The molecule has 1 aliphatic carbocycles. The van der Waals surface area contributed by atoms with E-state index in [0.29, 0.717) is 35.1 Å². The summed E-state index contributed by atoms with van der Waals surface area (Å²) >= 11 is 4.14. The minimum absolute atomic E-state index is 0.0803. The van der Waals surface area contributed by atoms with Crippen LogP contribution in [-0.2, 0) is 38.4 Å². The highest BCUT2D eigenvalue weighted by Gasteiger charge is 2.26. The van der Waals surface area contributed by atoms with E-state index in [1.807, 2.05) is 30.5 Å². The van der Waals surface area contributed by atoms with E-state index in [4.69, 9.17) is 9.47 Å². The molecule has 38 heavy (non-hydrogen) atoms. The lowest BCUT2D eigenvalue weighted by atomic mass is 10.1. The van der Waals surface area contributed by atoms with Gasteiger partial charge in [0.25, 0.3) is 5.91 Å². The third kappa shape index (κ3) is 6.93. The van der Waals surface area contributed by atoms with Crippen molar-refractivity contribution < 1.29 is 23.9 Å². The summed E-state index contributed by atoms with van der Waals surface area (Å²) in [6, 6.07) is 6.18. The maximum Gasteiger partial charge on any atom is 0.341 e. The first-order chi connectivity index (χ1) is 18.4. The van der Waals surface area contributed by atoms with Gasteiger partial charge >= 0.3 is 5.97 Å². The smallest absolute Gasteiger partial charge is 0.341 e. The number of thiophene rings is 1. The molecule has 0 saturated heterocycles. The third-order valence-corrected chi connectivity index (χ3v) is 9.41. The highest BCUT2D eigenvalue weighted by molar-refractivity contribution is 8.00. The van der Waals surface area contributed by atoms with Gasteiger partial charge in [-0.2, -0.15) is 4.99 Å². The van der Waals surface area contributed by atoms with Gasteiger partial charge in [-0.15, -0.1) is 23.1 Å². The van der Waals surface area contributed by atoms with Crippen LogP contribution in [0, 0.1) is 6.92 Å². The van der Waals surface area contributed by atoms with Gasteiger partial charge in [0.1, 0.15) is 5.00 Å². The molecule has 11 heteroatoms. The Kier molecular flexibility index (Phi) is 10.2. The van der Waals surface area contributed by atoms with Gasteiger partial charge in [0, 0.05) is 18.0 Å². The number of rotatable bonds is 10. The van der Waals surface area contributed by atoms with E-state index < -0.39 is 5.97 Å². The zero-order valence-corrected chi connectivity index (χ0v) is 24.4. The van der Waals surface area contributed by atoms with Crippen LogP contribution in [0.3, 0.4) is 0 Å². The van der Waals surface area contributed by atoms with E-state index in [9.17, 15) is 14.4 Å². The number of fused-ring (bicyclic) bond motifs is 2. The summed E-state index contributed by atoms with van der Waals surface area (Å²) in [5.74, 6) is -0.808. The van der Waals surface area contributed by atoms with Crippen molar-refractivity contribution >= 4 is 67.4 Å². The average molecular weight is 576 g/mol. The molecule has 0 spiro atoms. The second kappa shape index (κ2) is 13.5. The molecule has 4 rings (SSSR count). The number of amides is 2. The first kappa shape index (κ1) is 28.5. The van der Waals surface area contributed by atoms with E-state index in [2.05, 4.69) is 16.4 Å². The van der Waals surface area contributed by atoms with Crippen LogP contribution in [0.5, 0.6) is 0 Å². The lowest BCUT2D eigenvalue weighted by molar-refractivity contribution is -0.115. The number of anilines is 1. The first-order valence-electron chi connectivity index (χ1n) is 12.8. The summed E-state index contributed by atoms with van der Waals surface area (Å²) < 4.78 is 13.6. The number of benzene rings is 1. The number of carbonyl (C=O) groups is 3. The molecule has 3 aromatic rings. The van der Waals surface area contributed by atoms with E-state index in [-0.39, 0.29) is 23.3 Å². The van der Waals surface area contributed by atoms with Crippen LogP contribution >= 0.6 is 34.4 Å². The predicted octanol–water partition coefficient (Wildman–Crippen LogP) is 4.96. The standard InChI is InChI=1S/C27H33N3O5S3/c1-4-35-13-12-30-19-11-10-17(2)14-21(19)38-27(30)29-23(32)16-36-15-22(31)28-25-24(26(33)34-3)18-8-6-5-7-9-20(18)37-25/h10-11,14H,4-9,12-13,15-16H2,1-3H3,(H,28,31). The number of carbonyl (C=O) groups excluding carboxylic acids is 3. The number of esters is 1. The number of nitrogens with one attached hydrogen (secondary N) is 1. The molecule has 0 aliphatic heterocycles. The molecule has 1 aromatic carbocycles. The molecule has 2 heterocycles.